The third-order valence-electron chi connectivity index (χ3n) is 4.84. The molecule has 0 saturated carbocycles. The number of benzene rings is 1. The lowest BCUT2D eigenvalue weighted by Crippen LogP contribution is -2.28. The number of rotatable bonds is 4. The van der Waals surface area contributed by atoms with Crippen LogP contribution in [-0.4, -0.2) is 36.6 Å². The first kappa shape index (κ1) is 18.1. The van der Waals surface area contributed by atoms with Crippen LogP contribution in [0.1, 0.15) is 6.42 Å². The van der Waals surface area contributed by atoms with E-state index in [4.69, 9.17) is 9.47 Å². The van der Waals surface area contributed by atoms with Gasteiger partial charge in [-0.1, -0.05) is 6.07 Å². The van der Waals surface area contributed by atoms with Gasteiger partial charge in [-0.3, -0.25) is 9.59 Å². The van der Waals surface area contributed by atoms with E-state index in [1.54, 1.807) is 28.4 Å². The number of aromatic nitrogens is 1. The molecule has 7 nitrogen and oxygen atoms in total. The number of thiophene rings is 1. The number of anilines is 2. The SMILES string of the molecule is O=C(Nc1nc(-c2cccs2)cs1)[C@@H]1CC(=O)N(c2ccc3c(c2)OCCO3)C1. The van der Waals surface area contributed by atoms with E-state index < -0.39 is 5.92 Å². The fraction of sp³-hybridized carbons (Fsp3) is 0.250. The molecule has 1 aromatic carbocycles. The van der Waals surface area contributed by atoms with Gasteiger partial charge in [0, 0.05) is 30.1 Å². The Bertz CT molecular complexity index is 1060. The Kier molecular flexibility index (Phi) is 4.69. The van der Waals surface area contributed by atoms with E-state index >= 15 is 0 Å². The van der Waals surface area contributed by atoms with Crippen LogP contribution in [-0.2, 0) is 9.59 Å². The summed E-state index contributed by atoms with van der Waals surface area (Å²) in [6.07, 6.45) is 0.170. The summed E-state index contributed by atoms with van der Waals surface area (Å²) in [4.78, 5) is 32.4. The molecule has 1 saturated heterocycles. The molecule has 0 bridgehead atoms. The van der Waals surface area contributed by atoms with Gasteiger partial charge in [0.15, 0.2) is 16.6 Å². The van der Waals surface area contributed by atoms with Gasteiger partial charge in [-0.25, -0.2) is 4.98 Å². The van der Waals surface area contributed by atoms with Crippen LogP contribution in [0.3, 0.4) is 0 Å². The minimum absolute atomic E-state index is 0.0831. The number of hydrogen-bond donors (Lipinski definition) is 1. The topological polar surface area (TPSA) is 80.8 Å². The van der Waals surface area contributed by atoms with Crippen molar-refractivity contribution in [1.82, 2.24) is 4.98 Å². The van der Waals surface area contributed by atoms with Crippen LogP contribution >= 0.6 is 22.7 Å². The van der Waals surface area contributed by atoms with Crippen molar-refractivity contribution in [2.24, 2.45) is 5.92 Å². The molecule has 5 rings (SSSR count). The fourth-order valence-electron chi connectivity index (χ4n) is 3.41. The van der Waals surface area contributed by atoms with Crippen molar-refractivity contribution in [1.29, 1.82) is 0 Å². The minimum Gasteiger partial charge on any atom is -0.486 e. The Morgan fingerprint density at radius 2 is 2.03 bits per heavy atom. The highest BCUT2D eigenvalue weighted by Crippen LogP contribution is 2.36. The van der Waals surface area contributed by atoms with E-state index in [2.05, 4.69) is 10.3 Å². The number of amides is 2. The van der Waals surface area contributed by atoms with Gasteiger partial charge in [0.05, 0.1) is 16.5 Å². The molecule has 1 N–H and O–H groups in total. The van der Waals surface area contributed by atoms with Gasteiger partial charge in [-0.2, -0.15) is 0 Å². The van der Waals surface area contributed by atoms with Crippen molar-refractivity contribution in [3.05, 3.63) is 41.1 Å². The van der Waals surface area contributed by atoms with E-state index in [1.807, 2.05) is 29.0 Å². The van der Waals surface area contributed by atoms with Crippen LogP contribution in [0.15, 0.2) is 41.1 Å². The second-order valence-corrected chi connectivity index (χ2v) is 8.54. The number of nitrogens with zero attached hydrogens (tertiary/aromatic N) is 2. The third-order valence-corrected chi connectivity index (χ3v) is 6.49. The Labute approximate surface area is 174 Å². The molecule has 2 amide bonds. The van der Waals surface area contributed by atoms with Crippen LogP contribution in [0.2, 0.25) is 0 Å². The predicted molar refractivity (Wildman–Crippen MR) is 112 cm³/mol. The van der Waals surface area contributed by atoms with Gasteiger partial charge >= 0.3 is 0 Å². The largest absolute Gasteiger partial charge is 0.486 e. The quantitative estimate of drug-likeness (QED) is 0.688. The van der Waals surface area contributed by atoms with Crippen molar-refractivity contribution in [2.75, 3.05) is 30.0 Å². The molecule has 0 radical (unpaired) electrons. The lowest BCUT2D eigenvalue weighted by Gasteiger charge is -2.22. The maximum absolute atomic E-state index is 12.7. The summed E-state index contributed by atoms with van der Waals surface area (Å²) in [5.41, 5.74) is 1.56. The van der Waals surface area contributed by atoms with Gasteiger partial charge in [0.2, 0.25) is 11.8 Å². The second-order valence-electron chi connectivity index (χ2n) is 6.74. The molecule has 9 heteroatoms. The highest BCUT2D eigenvalue weighted by molar-refractivity contribution is 7.16. The molecule has 4 heterocycles. The molecule has 1 atom stereocenters. The number of nitrogens with one attached hydrogen (secondary N) is 1. The van der Waals surface area contributed by atoms with E-state index in [9.17, 15) is 9.59 Å². The van der Waals surface area contributed by atoms with E-state index in [0.717, 1.165) is 10.6 Å². The summed E-state index contributed by atoms with van der Waals surface area (Å²) in [6, 6.07) is 9.37. The molecular formula is C20H17N3O4S2. The molecular weight excluding hydrogens is 410 g/mol. The van der Waals surface area contributed by atoms with Gasteiger partial charge in [0.25, 0.3) is 0 Å². The third kappa shape index (κ3) is 3.58. The van der Waals surface area contributed by atoms with Crippen LogP contribution in [0, 0.1) is 5.92 Å². The average Bonchev–Trinajstić information content (AvgIpc) is 3.48. The lowest BCUT2D eigenvalue weighted by atomic mass is 10.1. The molecule has 2 aromatic heterocycles. The highest BCUT2D eigenvalue weighted by Gasteiger charge is 2.36. The summed E-state index contributed by atoms with van der Waals surface area (Å²) in [7, 11) is 0. The zero-order chi connectivity index (χ0) is 19.8. The first-order chi connectivity index (χ1) is 14.2. The Morgan fingerprint density at radius 1 is 1.17 bits per heavy atom. The van der Waals surface area contributed by atoms with Crippen LogP contribution in [0.4, 0.5) is 10.8 Å². The number of carbonyl (C=O) groups is 2. The second kappa shape index (κ2) is 7.49. The Balaban J connectivity index is 1.27. The maximum atomic E-state index is 12.7. The van der Waals surface area contributed by atoms with Gasteiger partial charge in [0.1, 0.15) is 13.2 Å². The first-order valence-corrected chi connectivity index (χ1v) is 10.9. The number of carbonyl (C=O) groups excluding carboxylic acids is 2. The molecule has 29 heavy (non-hydrogen) atoms. The van der Waals surface area contributed by atoms with Crippen LogP contribution < -0.4 is 19.7 Å². The fourth-order valence-corrected chi connectivity index (χ4v) is 4.88. The van der Waals surface area contributed by atoms with Gasteiger partial charge in [-0.15, -0.1) is 22.7 Å². The molecule has 0 unspecified atom stereocenters. The van der Waals surface area contributed by atoms with Crippen molar-refractivity contribution in [3.8, 4) is 22.1 Å². The van der Waals surface area contributed by atoms with Gasteiger partial charge in [-0.05, 0) is 23.6 Å². The van der Waals surface area contributed by atoms with Crippen molar-refractivity contribution >= 4 is 45.3 Å². The lowest BCUT2D eigenvalue weighted by molar-refractivity contribution is -0.122. The highest BCUT2D eigenvalue weighted by atomic mass is 32.1. The zero-order valence-electron chi connectivity index (χ0n) is 15.3. The van der Waals surface area contributed by atoms with Crippen molar-refractivity contribution < 1.29 is 19.1 Å². The molecule has 2 aliphatic heterocycles. The molecule has 2 aliphatic rings. The van der Waals surface area contributed by atoms with Crippen LogP contribution in [0.25, 0.3) is 10.6 Å². The number of ether oxygens (including phenoxy) is 2. The van der Waals surface area contributed by atoms with Crippen LogP contribution in [0.5, 0.6) is 11.5 Å². The monoisotopic (exact) mass is 427 g/mol. The smallest absolute Gasteiger partial charge is 0.231 e. The minimum atomic E-state index is -0.426. The van der Waals surface area contributed by atoms with Crippen molar-refractivity contribution in [2.45, 2.75) is 6.42 Å². The maximum Gasteiger partial charge on any atom is 0.231 e. The summed E-state index contributed by atoms with van der Waals surface area (Å²) in [6.45, 7) is 1.33. The zero-order valence-corrected chi connectivity index (χ0v) is 16.9. The number of hydrogen-bond acceptors (Lipinski definition) is 7. The number of fused-ring (bicyclic) bond motifs is 1. The Morgan fingerprint density at radius 3 is 2.86 bits per heavy atom. The molecule has 0 aliphatic carbocycles. The van der Waals surface area contributed by atoms with E-state index in [1.165, 1.54) is 11.3 Å². The standard InChI is InChI=1S/C20H17N3O4S2/c24-18-8-12(10-23(18)13-3-4-15-16(9-13)27-6-5-26-15)19(25)22-20-21-14(11-29-20)17-2-1-7-28-17/h1-4,7,9,11-12H,5-6,8,10H2,(H,21,22,25)/t12-/m1/s1. The molecule has 1 fully saturated rings. The normalized spacial score (nSPS) is 18.1. The molecule has 148 valence electrons. The van der Waals surface area contributed by atoms with E-state index in [0.29, 0.717) is 42.1 Å². The van der Waals surface area contributed by atoms with E-state index in [-0.39, 0.29) is 18.2 Å². The Hall–Kier alpha value is -2.91. The first-order valence-electron chi connectivity index (χ1n) is 9.17. The number of thiazole rings is 1. The summed E-state index contributed by atoms with van der Waals surface area (Å²) >= 11 is 2.99. The summed E-state index contributed by atoms with van der Waals surface area (Å²) in [5.74, 6) is 0.597. The predicted octanol–water partition coefficient (Wildman–Crippen LogP) is 3.63. The average molecular weight is 428 g/mol. The van der Waals surface area contributed by atoms with Crippen molar-refractivity contribution in [3.63, 3.8) is 0 Å². The molecule has 0 spiro atoms. The summed E-state index contributed by atoms with van der Waals surface area (Å²) in [5, 5.41) is 7.31. The molecule has 3 aromatic rings. The van der Waals surface area contributed by atoms with Gasteiger partial charge < -0.3 is 19.7 Å². The summed E-state index contributed by atoms with van der Waals surface area (Å²) < 4.78 is 11.1.